The number of hydrogen-bond donors (Lipinski definition) is 1. The zero-order valence-corrected chi connectivity index (χ0v) is 7.73. The Morgan fingerprint density at radius 3 is 2.20 bits per heavy atom. The Hall–Kier alpha value is -0.310. The summed E-state index contributed by atoms with van der Waals surface area (Å²) in [6.45, 7) is 6.91. The number of rotatable bonds is 3. The summed E-state index contributed by atoms with van der Waals surface area (Å²) in [5.41, 5.74) is -0.708. The van der Waals surface area contributed by atoms with Crippen LogP contribution in [0, 0.1) is 5.41 Å². The summed E-state index contributed by atoms with van der Waals surface area (Å²) in [5.74, 6) is -0.798. The lowest BCUT2D eigenvalue weighted by molar-refractivity contribution is -0.146. The SMILES string of the molecule is C=C(Br)CC(C)(C)C(=O)O. The first-order valence-corrected chi connectivity index (χ1v) is 3.72. The van der Waals surface area contributed by atoms with Crippen LogP contribution in [0.25, 0.3) is 0 Å². The van der Waals surface area contributed by atoms with Crippen LogP contribution in [0.2, 0.25) is 0 Å². The normalized spacial score (nSPS) is 11.1. The molecule has 0 aromatic heterocycles. The Morgan fingerprint density at radius 2 is 2.10 bits per heavy atom. The second kappa shape index (κ2) is 3.19. The first kappa shape index (κ1) is 9.69. The van der Waals surface area contributed by atoms with Crippen LogP contribution in [0.4, 0.5) is 0 Å². The van der Waals surface area contributed by atoms with Gasteiger partial charge >= 0.3 is 5.97 Å². The second-order valence-electron chi connectivity index (χ2n) is 2.88. The van der Waals surface area contributed by atoms with Gasteiger partial charge in [-0.15, -0.1) is 0 Å². The minimum Gasteiger partial charge on any atom is -0.481 e. The molecule has 0 spiro atoms. The molecule has 0 aromatic carbocycles. The van der Waals surface area contributed by atoms with Gasteiger partial charge < -0.3 is 5.11 Å². The molecule has 0 aliphatic rings. The number of hydrogen-bond acceptors (Lipinski definition) is 1. The molecule has 0 rings (SSSR count). The van der Waals surface area contributed by atoms with Crippen molar-refractivity contribution in [2.24, 2.45) is 5.41 Å². The van der Waals surface area contributed by atoms with Crippen molar-refractivity contribution >= 4 is 21.9 Å². The van der Waals surface area contributed by atoms with Crippen LogP contribution >= 0.6 is 15.9 Å². The molecule has 0 saturated carbocycles. The summed E-state index contributed by atoms with van der Waals surface area (Å²) in [4.78, 5) is 10.5. The predicted octanol–water partition coefficient (Wildman–Crippen LogP) is 2.40. The summed E-state index contributed by atoms with van der Waals surface area (Å²) < 4.78 is 0.722. The lowest BCUT2D eigenvalue weighted by Gasteiger charge is -2.17. The summed E-state index contributed by atoms with van der Waals surface area (Å²) in [5, 5.41) is 8.63. The van der Waals surface area contributed by atoms with E-state index in [1.165, 1.54) is 0 Å². The Balaban J connectivity index is 4.13. The maximum Gasteiger partial charge on any atom is 0.309 e. The van der Waals surface area contributed by atoms with Crippen LogP contribution in [-0.4, -0.2) is 11.1 Å². The van der Waals surface area contributed by atoms with Crippen molar-refractivity contribution in [2.45, 2.75) is 20.3 Å². The second-order valence-corrected chi connectivity index (χ2v) is 4.00. The van der Waals surface area contributed by atoms with Gasteiger partial charge in [-0.25, -0.2) is 0 Å². The van der Waals surface area contributed by atoms with Gasteiger partial charge in [-0.2, -0.15) is 0 Å². The molecular weight excluding hydrogens is 196 g/mol. The third-order valence-corrected chi connectivity index (χ3v) is 1.49. The number of carboxylic acid groups (broad SMARTS) is 1. The van der Waals surface area contributed by atoms with Crippen molar-refractivity contribution in [1.82, 2.24) is 0 Å². The smallest absolute Gasteiger partial charge is 0.309 e. The minimum atomic E-state index is -0.798. The van der Waals surface area contributed by atoms with Gasteiger partial charge in [-0.1, -0.05) is 22.5 Å². The molecule has 1 N–H and O–H groups in total. The van der Waals surface area contributed by atoms with Gasteiger partial charge in [0, 0.05) is 0 Å². The first-order chi connectivity index (χ1) is 4.36. The van der Waals surface area contributed by atoms with Crippen LogP contribution in [-0.2, 0) is 4.79 Å². The Kier molecular flexibility index (Phi) is 3.09. The molecule has 3 heteroatoms. The van der Waals surface area contributed by atoms with E-state index in [0.29, 0.717) is 6.42 Å². The van der Waals surface area contributed by atoms with Gasteiger partial charge in [0.05, 0.1) is 5.41 Å². The van der Waals surface area contributed by atoms with Crippen LogP contribution < -0.4 is 0 Å². The van der Waals surface area contributed by atoms with Crippen molar-refractivity contribution in [3.63, 3.8) is 0 Å². The Morgan fingerprint density at radius 1 is 1.70 bits per heavy atom. The first-order valence-electron chi connectivity index (χ1n) is 2.93. The molecule has 0 radical (unpaired) electrons. The van der Waals surface area contributed by atoms with E-state index < -0.39 is 11.4 Å². The van der Waals surface area contributed by atoms with E-state index >= 15 is 0 Å². The van der Waals surface area contributed by atoms with Crippen LogP contribution in [0.5, 0.6) is 0 Å². The molecule has 0 aliphatic carbocycles. The van der Waals surface area contributed by atoms with E-state index in [0.717, 1.165) is 4.48 Å². The molecule has 0 saturated heterocycles. The van der Waals surface area contributed by atoms with Crippen molar-refractivity contribution in [2.75, 3.05) is 0 Å². The standard InChI is InChI=1S/C7H11BrO2/c1-5(8)4-7(2,3)6(9)10/h1,4H2,2-3H3,(H,9,10). The molecule has 0 aromatic rings. The zero-order valence-electron chi connectivity index (χ0n) is 6.15. The maximum atomic E-state index is 10.5. The molecule has 0 unspecified atom stereocenters. The lowest BCUT2D eigenvalue weighted by atomic mass is 9.90. The van der Waals surface area contributed by atoms with E-state index in [2.05, 4.69) is 22.5 Å². The highest BCUT2D eigenvalue weighted by atomic mass is 79.9. The van der Waals surface area contributed by atoms with E-state index in [1.54, 1.807) is 13.8 Å². The fraction of sp³-hybridized carbons (Fsp3) is 0.571. The Bertz CT molecular complexity index is 161. The summed E-state index contributed by atoms with van der Waals surface area (Å²) in [7, 11) is 0. The van der Waals surface area contributed by atoms with Gasteiger partial charge in [0.25, 0.3) is 0 Å². The molecule has 0 aliphatic heterocycles. The average Bonchev–Trinajstić information content (AvgIpc) is 1.60. The molecule has 0 amide bonds. The predicted molar refractivity (Wildman–Crippen MR) is 44.1 cm³/mol. The topological polar surface area (TPSA) is 37.3 Å². The number of carbonyl (C=O) groups is 1. The largest absolute Gasteiger partial charge is 0.481 e. The molecule has 0 bridgehead atoms. The fourth-order valence-corrected chi connectivity index (χ4v) is 1.26. The van der Waals surface area contributed by atoms with Crippen molar-refractivity contribution < 1.29 is 9.90 Å². The third kappa shape index (κ3) is 3.01. The average molecular weight is 207 g/mol. The van der Waals surface area contributed by atoms with Gasteiger partial charge in [0.15, 0.2) is 0 Å². The van der Waals surface area contributed by atoms with Gasteiger partial charge in [-0.05, 0) is 24.8 Å². The van der Waals surface area contributed by atoms with E-state index in [9.17, 15) is 4.79 Å². The highest BCUT2D eigenvalue weighted by molar-refractivity contribution is 9.11. The molecule has 58 valence electrons. The van der Waals surface area contributed by atoms with Gasteiger partial charge in [-0.3, -0.25) is 4.79 Å². The lowest BCUT2D eigenvalue weighted by Crippen LogP contribution is -2.23. The molecule has 0 fully saturated rings. The highest BCUT2D eigenvalue weighted by Gasteiger charge is 2.26. The highest BCUT2D eigenvalue weighted by Crippen LogP contribution is 2.26. The summed E-state index contributed by atoms with van der Waals surface area (Å²) in [6.07, 6.45) is 0.461. The number of halogens is 1. The summed E-state index contributed by atoms with van der Waals surface area (Å²) in [6, 6.07) is 0. The zero-order chi connectivity index (χ0) is 8.36. The third-order valence-electron chi connectivity index (χ3n) is 1.21. The van der Waals surface area contributed by atoms with E-state index in [-0.39, 0.29) is 0 Å². The number of allylic oxidation sites excluding steroid dienone is 1. The van der Waals surface area contributed by atoms with Crippen LogP contribution in [0.1, 0.15) is 20.3 Å². The molecular formula is C7H11BrO2. The van der Waals surface area contributed by atoms with Crippen molar-refractivity contribution in [1.29, 1.82) is 0 Å². The van der Waals surface area contributed by atoms with Crippen molar-refractivity contribution in [3.8, 4) is 0 Å². The van der Waals surface area contributed by atoms with Crippen LogP contribution in [0.3, 0.4) is 0 Å². The van der Waals surface area contributed by atoms with Crippen LogP contribution in [0.15, 0.2) is 11.1 Å². The monoisotopic (exact) mass is 206 g/mol. The fourth-order valence-electron chi connectivity index (χ4n) is 0.555. The van der Waals surface area contributed by atoms with E-state index in [4.69, 9.17) is 5.11 Å². The molecule has 0 heterocycles. The molecule has 0 atom stereocenters. The quantitative estimate of drug-likeness (QED) is 0.771. The minimum absolute atomic E-state index is 0.461. The number of aliphatic carboxylic acids is 1. The van der Waals surface area contributed by atoms with Crippen molar-refractivity contribution in [3.05, 3.63) is 11.1 Å². The van der Waals surface area contributed by atoms with Gasteiger partial charge in [0.1, 0.15) is 0 Å². The number of carboxylic acids is 1. The van der Waals surface area contributed by atoms with E-state index in [1.807, 2.05) is 0 Å². The van der Waals surface area contributed by atoms with Gasteiger partial charge in [0.2, 0.25) is 0 Å². The maximum absolute atomic E-state index is 10.5. The Labute approximate surface area is 69.1 Å². The molecule has 2 nitrogen and oxygen atoms in total. The molecule has 10 heavy (non-hydrogen) atoms. The summed E-state index contributed by atoms with van der Waals surface area (Å²) >= 11 is 3.12.